The number of aromatic nitrogens is 3. The van der Waals surface area contributed by atoms with Gasteiger partial charge in [0.15, 0.2) is 5.82 Å². The number of amides is 4. The Kier molecular flexibility index (Phi) is 7.38. The van der Waals surface area contributed by atoms with Crippen molar-refractivity contribution in [3.8, 4) is 5.00 Å². The van der Waals surface area contributed by atoms with E-state index in [-0.39, 0.29) is 37.7 Å². The average molecular weight is 602 g/mol. The van der Waals surface area contributed by atoms with Gasteiger partial charge in [-0.25, -0.2) is 4.79 Å². The predicted molar refractivity (Wildman–Crippen MR) is 162 cm³/mol. The number of carbonyl (C=O) groups is 3. The number of aryl methyl sites for hydroxylation is 2. The first kappa shape index (κ1) is 27.8. The molecule has 1 fully saturated rings. The highest BCUT2D eigenvalue weighted by molar-refractivity contribution is 7.15. The van der Waals surface area contributed by atoms with Crippen LogP contribution in [0.15, 0.2) is 53.5 Å². The maximum Gasteiger partial charge on any atom is 0.328 e. The van der Waals surface area contributed by atoms with Crippen molar-refractivity contribution >= 4 is 52.2 Å². The minimum Gasteiger partial charge on any atom is -0.352 e. The van der Waals surface area contributed by atoms with Crippen LogP contribution >= 0.6 is 22.9 Å². The molecule has 2 aliphatic heterocycles. The van der Waals surface area contributed by atoms with E-state index in [0.29, 0.717) is 16.5 Å². The topological polar surface area (TPSA) is 122 Å². The molecule has 12 heteroatoms. The molecule has 4 heterocycles. The van der Waals surface area contributed by atoms with Gasteiger partial charge < -0.3 is 5.32 Å². The Morgan fingerprint density at radius 3 is 2.62 bits per heavy atom. The van der Waals surface area contributed by atoms with Gasteiger partial charge in [-0.05, 0) is 50.1 Å². The van der Waals surface area contributed by atoms with Crippen molar-refractivity contribution in [3.63, 3.8) is 0 Å². The zero-order valence-electron chi connectivity index (χ0n) is 23.3. The third-order valence-electron chi connectivity index (χ3n) is 7.55. The number of aliphatic imine (C=N–C) groups is 1. The summed E-state index contributed by atoms with van der Waals surface area (Å²) in [5, 5.41) is 15.8. The summed E-state index contributed by atoms with van der Waals surface area (Å²) in [7, 11) is 0. The highest BCUT2D eigenvalue weighted by Crippen LogP contribution is 2.39. The zero-order valence-corrected chi connectivity index (χ0v) is 24.8. The number of nitrogens with one attached hydrogen (secondary N) is 2. The van der Waals surface area contributed by atoms with Crippen LogP contribution in [-0.2, 0) is 16.1 Å². The smallest absolute Gasteiger partial charge is 0.328 e. The van der Waals surface area contributed by atoms with E-state index < -0.39 is 12.1 Å². The first-order valence-corrected chi connectivity index (χ1v) is 14.7. The molecule has 214 valence electrons. The van der Waals surface area contributed by atoms with Crippen molar-refractivity contribution in [2.24, 2.45) is 4.99 Å². The number of fused-ring (bicyclic) bond motifs is 3. The van der Waals surface area contributed by atoms with Gasteiger partial charge in [0.25, 0.3) is 0 Å². The van der Waals surface area contributed by atoms with Gasteiger partial charge in [-0.15, -0.1) is 21.5 Å². The number of para-hydroxylation sites is 1. The number of urea groups is 1. The van der Waals surface area contributed by atoms with Gasteiger partial charge in [-0.3, -0.25) is 29.4 Å². The largest absolute Gasteiger partial charge is 0.352 e. The summed E-state index contributed by atoms with van der Waals surface area (Å²) in [6, 6.07) is 13.8. The second-order valence-corrected chi connectivity index (χ2v) is 11.9. The van der Waals surface area contributed by atoms with E-state index in [1.807, 2.05) is 54.0 Å². The predicted octanol–water partition coefficient (Wildman–Crippen LogP) is 4.95. The van der Waals surface area contributed by atoms with E-state index in [4.69, 9.17) is 16.6 Å². The lowest BCUT2D eigenvalue weighted by molar-refractivity contribution is -0.122. The molecule has 4 amide bonds. The Morgan fingerprint density at radius 2 is 1.86 bits per heavy atom. The molecule has 0 radical (unpaired) electrons. The van der Waals surface area contributed by atoms with Crippen LogP contribution in [0, 0.1) is 20.8 Å². The summed E-state index contributed by atoms with van der Waals surface area (Å²) < 4.78 is 2.01. The molecule has 1 atom stereocenters. The minimum atomic E-state index is -0.592. The van der Waals surface area contributed by atoms with Crippen LogP contribution in [0.1, 0.15) is 57.7 Å². The fraction of sp³-hybridized carbons (Fsp3) is 0.267. The first-order valence-electron chi connectivity index (χ1n) is 13.5. The number of anilines is 1. The number of hydrogen-bond acceptors (Lipinski definition) is 7. The van der Waals surface area contributed by atoms with Gasteiger partial charge in [0, 0.05) is 40.5 Å². The fourth-order valence-corrected chi connectivity index (χ4v) is 6.63. The molecule has 0 unspecified atom stereocenters. The molecule has 2 aromatic heterocycles. The molecule has 0 spiro atoms. The third kappa shape index (κ3) is 5.10. The molecule has 0 bridgehead atoms. The van der Waals surface area contributed by atoms with Crippen molar-refractivity contribution in [2.75, 3.05) is 11.4 Å². The van der Waals surface area contributed by atoms with Crippen LogP contribution in [0.5, 0.6) is 0 Å². The Hall–Kier alpha value is -4.35. The second kappa shape index (κ2) is 11.1. The summed E-state index contributed by atoms with van der Waals surface area (Å²) in [4.78, 5) is 45.4. The highest BCUT2D eigenvalue weighted by atomic mass is 35.5. The summed E-state index contributed by atoms with van der Waals surface area (Å²) in [6.45, 7) is 6.54. The molecular weight excluding hydrogens is 574 g/mol. The molecular formula is C30H28ClN7O3S. The molecule has 2 aliphatic rings. The van der Waals surface area contributed by atoms with Gasteiger partial charge in [0.1, 0.15) is 16.9 Å². The van der Waals surface area contributed by atoms with Crippen molar-refractivity contribution in [1.29, 1.82) is 0 Å². The molecule has 42 heavy (non-hydrogen) atoms. The number of imide groups is 1. The van der Waals surface area contributed by atoms with Crippen LogP contribution in [-0.4, -0.2) is 44.9 Å². The summed E-state index contributed by atoms with van der Waals surface area (Å²) in [5.41, 5.74) is 5.20. The lowest BCUT2D eigenvalue weighted by Gasteiger charge is -2.28. The fourth-order valence-electron chi connectivity index (χ4n) is 5.29. The Bertz CT molecular complexity index is 1760. The highest BCUT2D eigenvalue weighted by Gasteiger charge is 2.32. The van der Waals surface area contributed by atoms with Crippen LogP contribution < -0.4 is 15.5 Å². The molecule has 6 rings (SSSR count). The van der Waals surface area contributed by atoms with Crippen LogP contribution in [0.3, 0.4) is 0 Å². The van der Waals surface area contributed by atoms with Crippen molar-refractivity contribution < 1.29 is 14.4 Å². The van der Waals surface area contributed by atoms with Gasteiger partial charge in [0.2, 0.25) is 11.8 Å². The standard InChI is InChI=1S/C30H28ClN7O3S/c1-16-17(2)42-29-26(16)27(19-8-10-21(31)11-9-19)33-22(28-36-35-18(3)38(28)29)14-25(40)32-15-20-6-4-5-7-23(20)37-13-12-24(39)34-30(37)41/h4-11,22H,12-15H2,1-3H3,(H,32,40)(H,34,39,41)/t22-/m0/s1. The molecule has 10 nitrogen and oxygen atoms in total. The summed E-state index contributed by atoms with van der Waals surface area (Å²) in [5.74, 6) is 0.797. The number of thiophene rings is 1. The number of halogens is 1. The third-order valence-corrected chi connectivity index (χ3v) is 8.99. The number of rotatable bonds is 6. The lowest BCUT2D eigenvalue weighted by atomic mass is 9.99. The Labute approximate surface area is 251 Å². The van der Waals surface area contributed by atoms with E-state index in [9.17, 15) is 14.4 Å². The molecule has 4 aromatic rings. The van der Waals surface area contributed by atoms with Crippen molar-refractivity contribution in [3.05, 3.63) is 92.3 Å². The molecule has 2 N–H and O–H groups in total. The van der Waals surface area contributed by atoms with Crippen molar-refractivity contribution in [1.82, 2.24) is 25.4 Å². The maximum atomic E-state index is 13.4. The quantitative estimate of drug-likeness (QED) is 0.324. The van der Waals surface area contributed by atoms with E-state index in [2.05, 4.69) is 34.7 Å². The summed E-state index contributed by atoms with van der Waals surface area (Å²) >= 11 is 7.85. The van der Waals surface area contributed by atoms with Crippen LogP contribution in [0.4, 0.5) is 10.5 Å². The SMILES string of the molecule is Cc1sc2c(c1C)C(c1ccc(Cl)cc1)=N[C@@H](CC(=O)NCc1ccccc1N1CCC(=O)NC1=O)c1nnc(C)n1-2. The molecule has 2 aromatic carbocycles. The lowest BCUT2D eigenvalue weighted by Crippen LogP contribution is -2.50. The zero-order chi connectivity index (χ0) is 29.5. The number of carbonyl (C=O) groups excluding carboxylic acids is 3. The Balaban J connectivity index is 1.30. The number of hydrogen-bond donors (Lipinski definition) is 2. The van der Waals surface area contributed by atoms with E-state index in [1.165, 1.54) is 9.78 Å². The van der Waals surface area contributed by atoms with E-state index in [0.717, 1.165) is 38.8 Å². The van der Waals surface area contributed by atoms with Gasteiger partial charge in [-0.1, -0.05) is 41.9 Å². The normalized spacial score (nSPS) is 16.3. The molecule has 1 saturated heterocycles. The first-order chi connectivity index (χ1) is 20.2. The molecule has 0 aliphatic carbocycles. The van der Waals surface area contributed by atoms with Crippen LogP contribution in [0.2, 0.25) is 5.02 Å². The van der Waals surface area contributed by atoms with Gasteiger partial charge in [0.05, 0.1) is 17.8 Å². The number of nitrogens with zero attached hydrogens (tertiary/aromatic N) is 5. The van der Waals surface area contributed by atoms with Crippen molar-refractivity contribution in [2.45, 2.75) is 46.2 Å². The van der Waals surface area contributed by atoms with Crippen LogP contribution in [0.25, 0.3) is 5.00 Å². The minimum absolute atomic E-state index is 0.0447. The van der Waals surface area contributed by atoms with E-state index >= 15 is 0 Å². The summed E-state index contributed by atoms with van der Waals surface area (Å²) in [6.07, 6.45) is 0.260. The molecule has 0 saturated carbocycles. The second-order valence-electron chi connectivity index (χ2n) is 10.3. The Morgan fingerprint density at radius 1 is 1.10 bits per heavy atom. The monoisotopic (exact) mass is 601 g/mol. The van der Waals surface area contributed by atoms with E-state index in [1.54, 1.807) is 17.4 Å². The van der Waals surface area contributed by atoms with Gasteiger partial charge in [-0.2, -0.15) is 0 Å². The average Bonchev–Trinajstić information content (AvgIpc) is 3.44. The van der Waals surface area contributed by atoms with Gasteiger partial charge >= 0.3 is 6.03 Å². The maximum absolute atomic E-state index is 13.4. The number of benzene rings is 2.